The summed E-state index contributed by atoms with van der Waals surface area (Å²) in [6.07, 6.45) is 0. The molecule has 0 radical (unpaired) electrons. The van der Waals surface area contributed by atoms with Crippen LogP contribution < -0.4 is 10.5 Å². The zero-order valence-electron chi connectivity index (χ0n) is 10.8. The lowest BCUT2D eigenvalue weighted by Crippen LogP contribution is -2.23. The lowest BCUT2D eigenvalue weighted by molar-refractivity contribution is 0.372. The topological polar surface area (TPSA) is 111 Å². The van der Waals surface area contributed by atoms with Crippen LogP contribution in [0, 0.1) is 19.7 Å². The van der Waals surface area contributed by atoms with E-state index >= 15 is 0 Å². The van der Waals surface area contributed by atoms with Gasteiger partial charge < -0.3 is 10.3 Å². The van der Waals surface area contributed by atoms with E-state index in [-0.39, 0.29) is 28.6 Å². The Morgan fingerprint density at radius 3 is 2.65 bits per heavy atom. The van der Waals surface area contributed by atoms with Crippen molar-refractivity contribution in [1.82, 2.24) is 14.9 Å². The van der Waals surface area contributed by atoms with Crippen molar-refractivity contribution in [2.75, 3.05) is 5.73 Å². The van der Waals surface area contributed by atoms with Gasteiger partial charge in [0.25, 0.3) is 0 Å². The Labute approximate surface area is 115 Å². The van der Waals surface area contributed by atoms with Crippen LogP contribution in [0.2, 0.25) is 0 Å². The third-order valence-corrected chi connectivity index (χ3v) is 3.93. The van der Waals surface area contributed by atoms with E-state index in [0.29, 0.717) is 5.82 Å². The molecule has 0 saturated carbocycles. The van der Waals surface area contributed by atoms with Gasteiger partial charge in [-0.3, -0.25) is 0 Å². The minimum absolute atomic E-state index is 0.120. The molecule has 1 aromatic carbocycles. The summed E-state index contributed by atoms with van der Waals surface area (Å²) in [4.78, 5) is 3.75. The van der Waals surface area contributed by atoms with Crippen molar-refractivity contribution in [3.8, 4) is 0 Å². The molecule has 0 atom stereocenters. The van der Waals surface area contributed by atoms with Crippen molar-refractivity contribution in [3.05, 3.63) is 35.2 Å². The van der Waals surface area contributed by atoms with Gasteiger partial charge in [0, 0.05) is 0 Å². The normalized spacial score (nSPS) is 11.8. The lowest BCUT2D eigenvalue weighted by Gasteiger charge is -2.08. The maximum Gasteiger partial charge on any atom is 0.241 e. The molecule has 0 aliphatic heterocycles. The number of hydrogen-bond acceptors (Lipinski definition) is 6. The van der Waals surface area contributed by atoms with Gasteiger partial charge in [-0.15, -0.1) is 0 Å². The van der Waals surface area contributed by atoms with E-state index in [9.17, 15) is 12.8 Å². The molecule has 7 nitrogen and oxygen atoms in total. The van der Waals surface area contributed by atoms with Gasteiger partial charge >= 0.3 is 0 Å². The molecule has 108 valence electrons. The summed E-state index contributed by atoms with van der Waals surface area (Å²) in [5, 5.41) is 3.54. The van der Waals surface area contributed by atoms with Gasteiger partial charge in [0.15, 0.2) is 5.82 Å². The lowest BCUT2D eigenvalue weighted by atomic mass is 10.2. The zero-order chi connectivity index (χ0) is 14.9. The van der Waals surface area contributed by atoms with Crippen molar-refractivity contribution in [3.63, 3.8) is 0 Å². The first-order valence-corrected chi connectivity index (χ1v) is 7.12. The molecule has 0 aliphatic carbocycles. The molecule has 0 saturated heterocycles. The molecule has 0 fully saturated rings. The van der Waals surface area contributed by atoms with Crippen LogP contribution in [0.3, 0.4) is 0 Å². The third kappa shape index (κ3) is 2.94. The van der Waals surface area contributed by atoms with E-state index in [4.69, 9.17) is 10.3 Å². The molecule has 0 aliphatic rings. The van der Waals surface area contributed by atoms with E-state index in [2.05, 4.69) is 14.9 Å². The summed E-state index contributed by atoms with van der Waals surface area (Å²) in [6, 6.07) is 2.26. The van der Waals surface area contributed by atoms with Crippen LogP contribution in [0.4, 0.5) is 10.1 Å². The number of nitrogens with two attached hydrogens (primary N) is 1. The fraction of sp³-hybridized carbons (Fsp3) is 0.273. The first-order valence-electron chi connectivity index (χ1n) is 5.64. The molecule has 1 heterocycles. The summed E-state index contributed by atoms with van der Waals surface area (Å²) in [7, 11) is -3.84. The van der Waals surface area contributed by atoms with E-state index < -0.39 is 15.8 Å². The average Bonchev–Trinajstić information content (AvgIpc) is 2.79. The van der Waals surface area contributed by atoms with Crippen molar-refractivity contribution in [1.29, 1.82) is 0 Å². The number of rotatable bonds is 4. The molecule has 1 aromatic heterocycles. The number of aromatic nitrogens is 2. The zero-order valence-corrected chi connectivity index (χ0v) is 11.7. The minimum atomic E-state index is -3.84. The van der Waals surface area contributed by atoms with Crippen LogP contribution in [0.25, 0.3) is 0 Å². The van der Waals surface area contributed by atoms with Crippen molar-refractivity contribution < 1.29 is 17.3 Å². The highest BCUT2D eigenvalue weighted by Gasteiger charge is 2.18. The minimum Gasteiger partial charge on any atom is -0.396 e. The Balaban J connectivity index is 2.22. The Hall–Kier alpha value is -2.00. The summed E-state index contributed by atoms with van der Waals surface area (Å²) < 4.78 is 44.5. The second kappa shape index (κ2) is 5.17. The molecule has 0 amide bonds. The summed E-state index contributed by atoms with van der Waals surface area (Å²) in [5.41, 5.74) is 5.35. The number of benzene rings is 1. The van der Waals surface area contributed by atoms with Gasteiger partial charge in [-0.2, -0.15) is 4.98 Å². The number of halogens is 1. The first-order chi connectivity index (χ1) is 9.29. The Bertz CT molecular complexity index is 719. The summed E-state index contributed by atoms with van der Waals surface area (Å²) in [5.74, 6) is -0.0876. The Morgan fingerprint density at radius 1 is 1.40 bits per heavy atom. The van der Waals surface area contributed by atoms with Gasteiger partial charge in [-0.05, 0) is 31.5 Å². The van der Waals surface area contributed by atoms with Crippen LogP contribution in [-0.4, -0.2) is 18.6 Å². The van der Waals surface area contributed by atoms with Crippen molar-refractivity contribution in [2.24, 2.45) is 0 Å². The van der Waals surface area contributed by atoms with E-state index in [1.165, 1.54) is 13.0 Å². The highest BCUT2D eigenvalue weighted by molar-refractivity contribution is 7.89. The molecule has 3 N–H and O–H groups in total. The highest BCUT2D eigenvalue weighted by Crippen LogP contribution is 2.20. The first kappa shape index (κ1) is 14.4. The van der Waals surface area contributed by atoms with Crippen LogP contribution in [0.15, 0.2) is 21.6 Å². The predicted octanol–water partition coefficient (Wildman–Crippen LogP) is 0.886. The number of sulfonamides is 1. The highest BCUT2D eigenvalue weighted by atomic mass is 32.2. The number of nitrogens with one attached hydrogen (secondary N) is 1. The van der Waals surface area contributed by atoms with Gasteiger partial charge in [0.05, 0.1) is 17.1 Å². The molecule has 20 heavy (non-hydrogen) atoms. The fourth-order valence-corrected chi connectivity index (χ4v) is 2.66. The molecule has 2 aromatic rings. The summed E-state index contributed by atoms with van der Waals surface area (Å²) in [6.45, 7) is 2.90. The van der Waals surface area contributed by atoms with Crippen LogP contribution in [-0.2, 0) is 16.6 Å². The van der Waals surface area contributed by atoms with Crippen LogP contribution >= 0.6 is 0 Å². The molecular formula is C11H13FN4O3S. The molecule has 2 rings (SSSR count). The second-order valence-corrected chi connectivity index (χ2v) is 5.97. The maximum atomic E-state index is 13.4. The SMILES string of the molecule is Cc1noc(CNS(=O)(=O)c2cc(C)c(F)c(N)c2)n1. The third-order valence-electron chi connectivity index (χ3n) is 2.55. The van der Waals surface area contributed by atoms with Gasteiger partial charge in [-0.1, -0.05) is 5.16 Å². The quantitative estimate of drug-likeness (QED) is 0.811. The molecule has 0 spiro atoms. The standard InChI is InChI=1S/C11H13FN4O3S/c1-6-3-8(4-9(13)11(6)12)20(17,18)14-5-10-15-7(2)16-19-10/h3-4,14H,5,13H2,1-2H3. The van der Waals surface area contributed by atoms with E-state index in [0.717, 1.165) is 6.07 Å². The maximum absolute atomic E-state index is 13.4. The smallest absolute Gasteiger partial charge is 0.241 e. The Morgan fingerprint density at radius 2 is 2.10 bits per heavy atom. The molecular weight excluding hydrogens is 287 g/mol. The van der Waals surface area contributed by atoms with Gasteiger partial charge in [0.2, 0.25) is 15.9 Å². The molecule has 9 heteroatoms. The van der Waals surface area contributed by atoms with Crippen molar-refractivity contribution in [2.45, 2.75) is 25.3 Å². The number of nitrogens with zero attached hydrogens (tertiary/aromatic N) is 2. The predicted molar refractivity (Wildman–Crippen MR) is 68.6 cm³/mol. The van der Waals surface area contributed by atoms with Gasteiger partial charge in [0.1, 0.15) is 5.82 Å². The van der Waals surface area contributed by atoms with Crippen LogP contribution in [0.5, 0.6) is 0 Å². The van der Waals surface area contributed by atoms with E-state index in [1.54, 1.807) is 6.92 Å². The number of hydrogen-bond donors (Lipinski definition) is 2. The molecule has 0 unspecified atom stereocenters. The fourth-order valence-electron chi connectivity index (χ4n) is 1.57. The van der Waals surface area contributed by atoms with E-state index in [1.807, 2.05) is 0 Å². The van der Waals surface area contributed by atoms with Gasteiger partial charge in [-0.25, -0.2) is 17.5 Å². The average molecular weight is 300 g/mol. The number of anilines is 1. The number of aryl methyl sites for hydroxylation is 2. The molecule has 0 bridgehead atoms. The van der Waals surface area contributed by atoms with Crippen LogP contribution in [0.1, 0.15) is 17.3 Å². The monoisotopic (exact) mass is 300 g/mol. The Kier molecular flexibility index (Phi) is 3.73. The number of nitrogen functional groups attached to an aromatic ring is 1. The second-order valence-electron chi connectivity index (χ2n) is 4.20. The summed E-state index contributed by atoms with van der Waals surface area (Å²) >= 11 is 0. The van der Waals surface area contributed by atoms with Crippen molar-refractivity contribution >= 4 is 15.7 Å². The largest absolute Gasteiger partial charge is 0.396 e.